The number of rotatable bonds is 5. The minimum absolute atomic E-state index is 0.0686. The third-order valence-electron chi connectivity index (χ3n) is 3.53. The van der Waals surface area contributed by atoms with E-state index in [9.17, 15) is 13.6 Å². The van der Waals surface area contributed by atoms with Crippen molar-refractivity contribution in [2.24, 2.45) is 0 Å². The van der Waals surface area contributed by atoms with Gasteiger partial charge in [0, 0.05) is 5.56 Å². The van der Waals surface area contributed by atoms with E-state index in [0.29, 0.717) is 29.1 Å². The summed E-state index contributed by atoms with van der Waals surface area (Å²) in [5.41, 5.74) is 1.16. The quantitative estimate of drug-likeness (QED) is 0.781. The van der Waals surface area contributed by atoms with Gasteiger partial charge in [-0.2, -0.15) is 8.78 Å². The number of aldehydes is 1. The van der Waals surface area contributed by atoms with E-state index in [2.05, 4.69) is 4.74 Å². The van der Waals surface area contributed by atoms with Gasteiger partial charge in [-0.1, -0.05) is 12.1 Å². The maximum absolute atomic E-state index is 12.2. The standard InChI is InChI=1S/C17H14F2O5/c1-21-13-6-10(8-20)7-14-16(13)24-15(9-22-14)11-2-4-12(5-3-11)23-17(18)19/h2-8,15,17H,9H2,1H3. The SMILES string of the molecule is COc1cc(C=O)cc2c1OC(c1ccc(OC(F)F)cc1)CO2. The van der Waals surface area contributed by atoms with Crippen LogP contribution in [0, 0.1) is 0 Å². The topological polar surface area (TPSA) is 54.0 Å². The van der Waals surface area contributed by atoms with Crippen molar-refractivity contribution >= 4 is 6.29 Å². The second-order valence-corrected chi connectivity index (χ2v) is 5.03. The van der Waals surface area contributed by atoms with Crippen molar-refractivity contribution in [1.29, 1.82) is 0 Å². The number of carbonyl (C=O) groups excluding carboxylic acids is 1. The zero-order valence-electron chi connectivity index (χ0n) is 12.7. The van der Waals surface area contributed by atoms with Crippen LogP contribution < -0.4 is 18.9 Å². The van der Waals surface area contributed by atoms with Gasteiger partial charge >= 0.3 is 6.61 Å². The van der Waals surface area contributed by atoms with Crippen LogP contribution in [0.3, 0.4) is 0 Å². The molecule has 0 bridgehead atoms. The van der Waals surface area contributed by atoms with Crippen LogP contribution in [-0.2, 0) is 0 Å². The maximum atomic E-state index is 12.2. The first-order valence-electron chi connectivity index (χ1n) is 7.12. The predicted octanol–water partition coefficient (Wildman–Crippen LogP) is 3.62. The summed E-state index contributed by atoms with van der Waals surface area (Å²) in [6.07, 6.45) is 0.258. The highest BCUT2D eigenvalue weighted by Gasteiger charge is 2.26. The summed E-state index contributed by atoms with van der Waals surface area (Å²) in [4.78, 5) is 10.9. The van der Waals surface area contributed by atoms with Gasteiger partial charge in [0.05, 0.1) is 7.11 Å². The minimum Gasteiger partial charge on any atom is -0.493 e. The zero-order chi connectivity index (χ0) is 17.1. The molecule has 0 saturated carbocycles. The largest absolute Gasteiger partial charge is 0.493 e. The van der Waals surface area contributed by atoms with Crippen LogP contribution in [0.1, 0.15) is 22.0 Å². The Morgan fingerprint density at radius 3 is 2.62 bits per heavy atom. The molecule has 0 saturated heterocycles. The molecule has 7 heteroatoms. The van der Waals surface area contributed by atoms with Crippen LogP contribution in [0.2, 0.25) is 0 Å². The molecule has 2 aromatic rings. The van der Waals surface area contributed by atoms with Crippen molar-refractivity contribution in [3.63, 3.8) is 0 Å². The monoisotopic (exact) mass is 336 g/mol. The number of methoxy groups -OCH3 is 1. The molecule has 1 aliphatic heterocycles. The first-order chi connectivity index (χ1) is 11.6. The van der Waals surface area contributed by atoms with Gasteiger partial charge in [0.25, 0.3) is 0 Å². The number of hydrogen-bond donors (Lipinski definition) is 0. The lowest BCUT2D eigenvalue weighted by atomic mass is 10.1. The van der Waals surface area contributed by atoms with Gasteiger partial charge < -0.3 is 18.9 Å². The van der Waals surface area contributed by atoms with Crippen molar-refractivity contribution in [2.75, 3.05) is 13.7 Å². The smallest absolute Gasteiger partial charge is 0.387 e. The van der Waals surface area contributed by atoms with Gasteiger partial charge in [0.2, 0.25) is 5.75 Å². The van der Waals surface area contributed by atoms with Crippen LogP contribution in [0.5, 0.6) is 23.0 Å². The number of hydrogen-bond acceptors (Lipinski definition) is 5. The molecule has 24 heavy (non-hydrogen) atoms. The summed E-state index contributed by atoms with van der Waals surface area (Å²) >= 11 is 0. The number of carbonyl (C=O) groups is 1. The number of halogens is 2. The summed E-state index contributed by atoms with van der Waals surface area (Å²) in [7, 11) is 1.47. The van der Waals surface area contributed by atoms with Gasteiger partial charge in [-0.3, -0.25) is 4.79 Å². The second-order valence-electron chi connectivity index (χ2n) is 5.03. The number of ether oxygens (including phenoxy) is 4. The van der Waals surface area contributed by atoms with Crippen molar-refractivity contribution in [3.05, 3.63) is 47.5 Å². The van der Waals surface area contributed by atoms with Crippen LogP contribution in [-0.4, -0.2) is 26.6 Å². The molecule has 0 amide bonds. The first-order valence-corrected chi connectivity index (χ1v) is 7.12. The Kier molecular flexibility index (Phi) is 4.50. The molecule has 0 aromatic heterocycles. The molecule has 0 spiro atoms. The average Bonchev–Trinajstić information content (AvgIpc) is 2.60. The summed E-state index contributed by atoms with van der Waals surface area (Å²) < 4.78 is 45.5. The molecule has 0 fully saturated rings. The van der Waals surface area contributed by atoms with Crippen molar-refractivity contribution < 1.29 is 32.5 Å². The Balaban J connectivity index is 1.83. The number of benzene rings is 2. The Bertz CT molecular complexity index is 713. The minimum atomic E-state index is -2.87. The Morgan fingerprint density at radius 2 is 2.00 bits per heavy atom. The van der Waals surface area contributed by atoms with Crippen LogP contribution in [0.25, 0.3) is 0 Å². The van der Waals surface area contributed by atoms with E-state index in [1.54, 1.807) is 24.3 Å². The van der Waals surface area contributed by atoms with Crippen LogP contribution in [0.4, 0.5) is 8.78 Å². The molecule has 3 rings (SSSR count). The highest BCUT2D eigenvalue weighted by atomic mass is 19.3. The van der Waals surface area contributed by atoms with Crippen molar-refractivity contribution in [2.45, 2.75) is 12.7 Å². The molecular weight excluding hydrogens is 322 g/mol. The van der Waals surface area contributed by atoms with E-state index in [4.69, 9.17) is 14.2 Å². The lowest BCUT2D eigenvalue weighted by Crippen LogP contribution is -2.22. The molecule has 0 N–H and O–H groups in total. The summed E-state index contributed by atoms with van der Waals surface area (Å²) in [6, 6.07) is 9.25. The van der Waals surface area contributed by atoms with Crippen molar-refractivity contribution in [3.8, 4) is 23.0 Å². The van der Waals surface area contributed by atoms with E-state index in [1.165, 1.54) is 19.2 Å². The van der Waals surface area contributed by atoms with Gasteiger partial charge in [0.1, 0.15) is 18.6 Å². The third-order valence-corrected chi connectivity index (χ3v) is 3.53. The third kappa shape index (κ3) is 3.24. The molecule has 1 atom stereocenters. The fourth-order valence-electron chi connectivity index (χ4n) is 2.41. The van der Waals surface area contributed by atoms with Gasteiger partial charge in [-0.15, -0.1) is 0 Å². The molecule has 1 aliphatic rings. The Labute approximate surface area is 136 Å². The highest BCUT2D eigenvalue weighted by molar-refractivity contribution is 5.78. The molecule has 0 radical (unpaired) electrons. The molecule has 5 nitrogen and oxygen atoms in total. The molecular formula is C17H14F2O5. The fraction of sp³-hybridized carbons (Fsp3) is 0.235. The van der Waals surface area contributed by atoms with E-state index < -0.39 is 12.7 Å². The number of alkyl halides is 2. The van der Waals surface area contributed by atoms with Crippen LogP contribution in [0.15, 0.2) is 36.4 Å². The normalized spacial score (nSPS) is 15.9. The average molecular weight is 336 g/mol. The predicted molar refractivity (Wildman–Crippen MR) is 80.3 cm³/mol. The summed E-state index contributed by atoms with van der Waals surface area (Å²) in [6.45, 7) is -2.65. The molecule has 1 unspecified atom stereocenters. The van der Waals surface area contributed by atoms with E-state index in [0.717, 1.165) is 5.56 Å². The first kappa shape index (κ1) is 16.0. The Morgan fingerprint density at radius 1 is 1.25 bits per heavy atom. The second kappa shape index (κ2) is 6.74. The van der Waals surface area contributed by atoms with E-state index in [1.807, 2.05) is 0 Å². The zero-order valence-corrected chi connectivity index (χ0v) is 12.7. The molecule has 0 aliphatic carbocycles. The van der Waals surface area contributed by atoms with Gasteiger partial charge in [-0.05, 0) is 29.8 Å². The lowest BCUT2D eigenvalue weighted by Gasteiger charge is -2.28. The molecule has 2 aromatic carbocycles. The van der Waals surface area contributed by atoms with Gasteiger partial charge in [-0.25, -0.2) is 0 Å². The lowest BCUT2D eigenvalue weighted by molar-refractivity contribution is -0.0498. The van der Waals surface area contributed by atoms with Gasteiger partial charge in [0.15, 0.2) is 17.6 Å². The van der Waals surface area contributed by atoms with Crippen molar-refractivity contribution in [1.82, 2.24) is 0 Å². The summed E-state index contributed by atoms with van der Waals surface area (Å²) in [5, 5.41) is 0. The molecule has 126 valence electrons. The highest BCUT2D eigenvalue weighted by Crippen LogP contribution is 2.44. The van der Waals surface area contributed by atoms with Crippen LogP contribution >= 0.6 is 0 Å². The summed E-state index contributed by atoms with van der Waals surface area (Å²) in [5.74, 6) is 1.27. The van der Waals surface area contributed by atoms with E-state index >= 15 is 0 Å². The molecule has 1 heterocycles. The fourth-order valence-corrected chi connectivity index (χ4v) is 2.41. The Hall–Kier alpha value is -2.83. The number of fused-ring (bicyclic) bond motifs is 1. The maximum Gasteiger partial charge on any atom is 0.387 e. The van der Waals surface area contributed by atoms with E-state index in [-0.39, 0.29) is 12.4 Å².